The topological polar surface area (TPSA) is 66.5 Å². The number of amides is 1. The van der Waals surface area contributed by atoms with Gasteiger partial charge in [-0.15, -0.1) is 6.58 Å². The van der Waals surface area contributed by atoms with Crippen LogP contribution < -0.4 is 4.72 Å². The van der Waals surface area contributed by atoms with E-state index in [4.69, 9.17) is 23.2 Å². The molecule has 0 radical (unpaired) electrons. The number of carbonyl (C=O) groups excluding carboxylic acids is 1. The van der Waals surface area contributed by atoms with Crippen LogP contribution in [0.25, 0.3) is 0 Å². The van der Waals surface area contributed by atoms with Crippen molar-refractivity contribution in [1.82, 2.24) is 9.62 Å². The number of rotatable bonds is 9. The van der Waals surface area contributed by atoms with Crippen molar-refractivity contribution in [3.8, 4) is 0 Å². The molecule has 1 saturated heterocycles. The van der Waals surface area contributed by atoms with Crippen molar-refractivity contribution in [3.63, 3.8) is 0 Å². The molecule has 8 heteroatoms. The molecule has 0 spiro atoms. The van der Waals surface area contributed by atoms with Crippen molar-refractivity contribution < 1.29 is 13.2 Å². The Hall–Kier alpha value is -1.86. The molecule has 1 aliphatic rings. The van der Waals surface area contributed by atoms with Gasteiger partial charge in [-0.05, 0) is 54.7 Å². The Balaban J connectivity index is 2.20. The van der Waals surface area contributed by atoms with E-state index in [0.717, 1.165) is 17.4 Å². The molecular weight excluding hydrogens is 491 g/mol. The van der Waals surface area contributed by atoms with Gasteiger partial charge in [0.2, 0.25) is 15.9 Å². The van der Waals surface area contributed by atoms with E-state index in [2.05, 4.69) is 11.3 Å². The third kappa shape index (κ3) is 6.03. The van der Waals surface area contributed by atoms with E-state index in [9.17, 15) is 13.2 Å². The van der Waals surface area contributed by atoms with Crippen LogP contribution in [-0.4, -0.2) is 38.1 Å². The molecule has 34 heavy (non-hydrogen) atoms. The Morgan fingerprint density at radius 2 is 1.85 bits per heavy atom. The summed E-state index contributed by atoms with van der Waals surface area (Å²) in [6.45, 7) is 7.97. The van der Waals surface area contributed by atoms with E-state index in [-0.39, 0.29) is 30.5 Å². The Morgan fingerprint density at radius 3 is 2.41 bits per heavy atom. The summed E-state index contributed by atoms with van der Waals surface area (Å²) in [5, 5.41) is 1.24. The summed E-state index contributed by atoms with van der Waals surface area (Å²) in [4.78, 5) is 16.0. The molecule has 0 unspecified atom stereocenters. The number of likely N-dealkylation sites (tertiary alicyclic amines) is 1. The molecule has 0 aliphatic carbocycles. The minimum absolute atomic E-state index is 0.00669. The van der Waals surface area contributed by atoms with Crippen LogP contribution in [0.2, 0.25) is 10.0 Å². The van der Waals surface area contributed by atoms with Crippen LogP contribution in [-0.2, 0) is 14.8 Å². The van der Waals surface area contributed by atoms with Gasteiger partial charge in [-0.3, -0.25) is 4.79 Å². The van der Waals surface area contributed by atoms with Crippen molar-refractivity contribution in [1.29, 1.82) is 0 Å². The van der Waals surface area contributed by atoms with Crippen LogP contribution in [0.1, 0.15) is 56.2 Å². The number of allylic oxidation sites excluding steroid dienone is 1. The maximum Gasteiger partial charge on any atom is 0.229 e. The van der Waals surface area contributed by atoms with Gasteiger partial charge in [-0.2, -0.15) is 0 Å². The monoisotopic (exact) mass is 522 g/mol. The first kappa shape index (κ1) is 26.7. The number of hydrogen-bond acceptors (Lipinski definition) is 3. The number of nitrogens with one attached hydrogen (secondary N) is 1. The molecule has 1 fully saturated rings. The van der Waals surface area contributed by atoms with E-state index in [1.165, 1.54) is 0 Å². The second-order valence-electron chi connectivity index (χ2n) is 9.31. The maximum absolute atomic E-state index is 14.1. The fourth-order valence-corrected chi connectivity index (χ4v) is 5.80. The summed E-state index contributed by atoms with van der Waals surface area (Å²) in [6, 6.07) is 14.6. The first-order valence-electron chi connectivity index (χ1n) is 11.4. The van der Waals surface area contributed by atoms with Crippen LogP contribution >= 0.6 is 23.2 Å². The second-order valence-corrected chi connectivity index (χ2v) is 12.0. The van der Waals surface area contributed by atoms with Gasteiger partial charge in [0.15, 0.2) is 0 Å². The molecule has 2 aromatic rings. The summed E-state index contributed by atoms with van der Waals surface area (Å²) in [5.74, 6) is -0.0670. The molecule has 5 nitrogen and oxygen atoms in total. The normalized spacial score (nSPS) is 24.1. The molecule has 4 atom stereocenters. The summed E-state index contributed by atoms with van der Waals surface area (Å²) in [6.07, 6.45) is 4.62. The van der Waals surface area contributed by atoms with Crippen molar-refractivity contribution in [2.75, 3.05) is 12.8 Å². The minimum atomic E-state index is -3.42. The van der Waals surface area contributed by atoms with Gasteiger partial charge in [0, 0.05) is 28.5 Å². The zero-order valence-corrected chi connectivity index (χ0v) is 22.1. The van der Waals surface area contributed by atoms with Gasteiger partial charge in [0.1, 0.15) is 0 Å². The summed E-state index contributed by atoms with van der Waals surface area (Å²) < 4.78 is 26.4. The average Bonchev–Trinajstić information content (AvgIpc) is 2.77. The largest absolute Gasteiger partial charge is 0.330 e. The number of hydrogen-bond donors (Lipinski definition) is 1. The lowest BCUT2D eigenvalue weighted by atomic mass is 9.67. The fourth-order valence-electron chi connectivity index (χ4n) is 4.98. The maximum atomic E-state index is 14.1. The first-order chi connectivity index (χ1) is 16.0. The Labute approximate surface area is 213 Å². The van der Waals surface area contributed by atoms with Gasteiger partial charge in [-0.25, -0.2) is 13.1 Å². The molecule has 1 aliphatic heterocycles. The molecule has 0 saturated carbocycles. The van der Waals surface area contributed by atoms with Crippen LogP contribution in [0.4, 0.5) is 0 Å². The van der Waals surface area contributed by atoms with Crippen molar-refractivity contribution in [2.24, 2.45) is 5.41 Å². The SMILES string of the molecule is C=CC[C@@]1(C)C[C@H](c2cccc(Cl)c2)[C@@H](c2ccc(Cl)cc2)N([C@H](CC)CNS(C)(=O)=O)C1=O. The lowest BCUT2D eigenvalue weighted by molar-refractivity contribution is -0.154. The minimum Gasteiger partial charge on any atom is -0.330 e. The standard InChI is InChI=1S/C26H32Cl2N2O3S/c1-5-14-26(3)16-23(19-8-7-9-21(28)15-19)24(18-10-12-20(27)13-11-18)30(25(26)31)22(6-2)17-29-34(4,32)33/h5,7-13,15,22-24,29H,1,6,14,16-17H2,2-4H3/t22-,23-,24-,26+/m1/s1. The zero-order chi connectivity index (χ0) is 25.1. The Bertz CT molecular complexity index is 1140. The summed E-state index contributed by atoms with van der Waals surface area (Å²) >= 11 is 12.6. The number of piperidine rings is 1. The lowest BCUT2D eigenvalue weighted by Crippen LogP contribution is -2.57. The first-order valence-corrected chi connectivity index (χ1v) is 14.0. The van der Waals surface area contributed by atoms with E-state index >= 15 is 0 Å². The predicted molar refractivity (Wildman–Crippen MR) is 140 cm³/mol. The Kier molecular flexibility index (Phi) is 8.51. The highest BCUT2D eigenvalue weighted by Crippen LogP contribution is 2.52. The van der Waals surface area contributed by atoms with Gasteiger partial charge < -0.3 is 4.90 Å². The smallest absolute Gasteiger partial charge is 0.229 e. The highest BCUT2D eigenvalue weighted by atomic mass is 35.5. The lowest BCUT2D eigenvalue weighted by Gasteiger charge is -2.52. The number of benzene rings is 2. The highest BCUT2D eigenvalue weighted by Gasteiger charge is 2.50. The van der Waals surface area contributed by atoms with Crippen LogP contribution in [0, 0.1) is 5.41 Å². The number of halogens is 2. The molecule has 1 N–H and O–H groups in total. The summed E-state index contributed by atoms with van der Waals surface area (Å²) in [7, 11) is -3.42. The molecule has 1 amide bonds. The van der Waals surface area contributed by atoms with Gasteiger partial charge >= 0.3 is 0 Å². The molecular formula is C26H32Cl2N2O3S. The zero-order valence-electron chi connectivity index (χ0n) is 19.8. The molecule has 184 valence electrons. The number of nitrogens with zero attached hydrogens (tertiary/aromatic N) is 1. The van der Waals surface area contributed by atoms with Crippen molar-refractivity contribution >= 4 is 39.1 Å². The van der Waals surface area contributed by atoms with Crippen LogP contribution in [0.5, 0.6) is 0 Å². The van der Waals surface area contributed by atoms with Crippen LogP contribution in [0.15, 0.2) is 61.2 Å². The van der Waals surface area contributed by atoms with E-state index < -0.39 is 15.4 Å². The number of sulfonamides is 1. The Morgan fingerprint density at radius 1 is 1.18 bits per heavy atom. The van der Waals surface area contributed by atoms with Gasteiger partial charge in [-0.1, -0.05) is 67.4 Å². The quantitative estimate of drug-likeness (QED) is 0.413. The predicted octanol–water partition coefficient (Wildman–Crippen LogP) is 5.96. The highest BCUT2D eigenvalue weighted by molar-refractivity contribution is 7.88. The molecule has 0 bridgehead atoms. The third-order valence-electron chi connectivity index (χ3n) is 6.63. The van der Waals surface area contributed by atoms with Crippen molar-refractivity contribution in [3.05, 3.63) is 82.4 Å². The summed E-state index contributed by atoms with van der Waals surface area (Å²) in [5.41, 5.74) is 1.29. The third-order valence-corrected chi connectivity index (χ3v) is 7.81. The van der Waals surface area contributed by atoms with Gasteiger partial charge in [0.25, 0.3) is 0 Å². The second kappa shape index (κ2) is 10.8. The molecule has 3 rings (SSSR count). The average molecular weight is 524 g/mol. The van der Waals surface area contributed by atoms with Crippen molar-refractivity contribution in [2.45, 2.75) is 51.1 Å². The van der Waals surface area contributed by atoms with Gasteiger partial charge in [0.05, 0.1) is 17.7 Å². The van der Waals surface area contributed by atoms with E-state index in [0.29, 0.717) is 29.3 Å². The molecule has 1 heterocycles. The fraction of sp³-hybridized carbons (Fsp3) is 0.423. The molecule has 2 aromatic carbocycles. The molecule has 0 aromatic heterocycles. The van der Waals surface area contributed by atoms with Crippen LogP contribution in [0.3, 0.4) is 0 Å². The van der Waals surface area contributed by atoms with E-state index in [1.807, 2.05) is 67.3 Å². The van der Waals surface area contributed by atoms with E-state index in [1.54, 1.807) is 6.08 Å². The number of carbonyl (C=O) groups is 1.